The summed E-state index contributed by atoms with van der Waals surface area (Å²) in [5, 5.41) is 5.43. The monoisotopic (exact) mass is 362 g/mol. The van der Waals surface area contributed by atoms with Crippen LogP contribution in [-0.2, 0) is 13.5 Å². The summed E-state index contributed by atoms with van der Waals surface area (Å²) in [6, 6.07) is 10.5. The molecular weight excluding hydrogens is 336 g/mol. The van der Waals surface area contributed by atoms with Gasteiger partial charge in [0, 0.05) is 46.2 Å². The average Bonchev–Trinajstić information content (AvgIpc) is 3.09. The maximum Gasteiger partial charge on any atom is 0.163 e. The highest BCUT2D eigenvalue weighted by molar-refractivity contribution is 5.87. The van der Waals surface area contributed by atoms with Crippen molar-refractivity contribution in [1.82, 2.24) is 24.6 Å². The van der Waals surface area contributed by atoms with Crippen LogP contribution in [-0.4, -0.2) is 57.4 Å². The van der Waals surface area contributed by atoms with Crippen LogP contribution in [0.5, 0.6) is 0 Å². The van der Waals surface area contributed by atoms with Gasteiger partial charge in [0.25, 0.3) is 0 Å². The van der Waals surface area contributed by atoms with E-state index >= 15 is 0 Å². The number of rotatable bonds is 5. The molecule has 140 valence electrons. The second-order valence-corrected chi connectivity index (χ2v) is 6.92. The van der Waals surface area contributed by atoms with Crippen molar-refractivity contribution in [1.29, 1.82) is 0 Å². The zero-order chi connectivity index (χ0) is 18.6. The summed E-state index contributed by atoms with van der Waals surface area (Å²) < 4.78 is 1.84. The normalized spacial score (nSPS) is 15.9. The Morgan fingerprint density at radius 2 is 1.81 bits per heavy atom. The van der Waals surface area contributed by atoms with Gasteiger partial charge in [0.15, 0.2) is 5.65 Å². The second kappa shape index (κ2) is 7.88. The maximum atomic E-state index is 4.81. The summed E-state index contributed by atoms with van der Waals surface area (Å²) in [5.41, 5.74) is 2.17. The standard InChI is InChI=1S/C21H26N6/c1-3-19-23-20-18(16-22-25(20)2)21(24-19)27-14-12-26(13-15-27)11-7-10-17-8-5-4-6-9-17/h4-10,16H,3,11-15H2,1-2H3. The molecule has 4 rings (SSSR count). The lowest BCUT2D eigenvalue weighted by Crippen LogP contribution is -2.46. The lowest BCUT2D eigenvalue weighted by Gasteiger charge is -2.35. The Bertz CT molecular complexity index is 922. The largest absolute Gasteiger partial charge is 0.353 e. The van der Waals surface area contributed by atoms with Crippen molar-refractivity contribution in [3.05, 3.63) is 54.0 Å². The van der Waals surface area contributed by atoms with Crippen molar-refractivity contribution < 1.29 is 0 Å². The molecule has 2 aromatic heterocycles. The number of benzene rings is 1. The van der Waals surface area contributed by atoms with Gasteiger partial charge in [-0.1, -0.05) is 49.4 Å². The van der Waals surface area contributed by atoms with Gasteiger partial charge in [-0.15, -0.1) is 0 Å². The van der Waals surface area contributed by atoms with Crippen molar-refractivity contribution in [3.63, 3.8) is 0 Å². The molecule has 27 heavy (non-hydrogen) atoms. The highest BCUT2D eigenvalue weighted by atomic mass is 15.3. The van der Waals surface area contributed by atoms with Gasteiger partial charge in [0.05, 0.1) is 11.6 Å². The van der Waals surface area contributed by atoms with E-state index in [1.165, 1.54) is 5.56 Å². The Balaban J connectivity index is 1.42. The Labute approximate surface area is 160 Å². The van der Waals surface area contributed by atoms with Gasteiger partial charge in [-0.3, -0.25) is 9.58 Å². The van der Waals surface area contributed by atoms with E-state index < -0.39 is 0 Å². The first-order chi connectivity index (χ1) is 13.2. The first kappa shape index (κ1) is 17.7. The molecule has 0 radical (unpaired) electrons. The molecule has 3 aromatic rings. The number of hydrogen-bond acceptors (Lipinski definition) is 5. The molecule has 1 fully saturated rings. The van der Waals surface area contributed by atoms with E-state index in [-0.39, 0.29) is 0 Å². The van der Waals surface area contributed by atoms with E-state index in [9.17, 15) is 0 Å². The zero-order valence-electron chi connectivity index (χ0n) is 16.0. The van der Waals surface area contributed by atoms with Crippen LogP contribution in [0.2, 0.25) is 0 Å². The highest BCUT2D eigenvalue weighted by Crippen LogP contribution is 2.24. The molecule has 1 aliphatic heterocycles. The molecule has 3 heterocycles. The number of fused-ring (bicyclic) bond motifs is 1. The van der Waals surface area contributed by atoms with Gasteiger partial charge in [0.1, 0.15) is 11.6 Å². The predicted molar refractivity (Wildman–Crippen MR) is 110 cm³/mol. The van der Waals surface area contributed by atoms with E-state index in [0.29, 0.717) is 0 Å². The minimum absolute atomic E-state index is 0.832. The van der Waals surface area contributed by atoms with E-state index in [1.54, 1.807) is 0 Å². The van der Waals surface area contributed by atoms with Gasteiger partial charge >= 0.3 is 0 Å². The van der Waals surface area contributed by atoms with Gasteiger partial charge in [-0.2, -0.15) is 5.10 Å². The Morgan fingerprint density at radius 1 is 1.04 bits per heavy atom. The SMILES string of the molecule is CCc1nc(N2CCN(CC=Cc3ccccc3)CC2)c2cnn(C)c2n1. The number of anilines is 1. The maximum absolute atomic E-state index is 4.81. The molecule has 6 nitrogen and oxygen atoms in total. The lowest BCUT2D eigenvalue weighted by atomic mass is 10.2. The molecule has 0 aliphatic carbocycles. The number of aromatic nitrogens is 4. The molecule has 0 bridgehead atoms. The number of nitrogens with zero attached hydrogens (tertiary/aromatic N) is 6. The van der Waals surface area contributed by atoms with Crippen molar-refractivity contribution in [2.45, 2.75) is 13.3 Å². The summed E-state index contributed by atoms with van der Waals surface area (Å²) in [6.07, 6.45) is 7.17. The van der Waals surface area contributed by atoms with Crippen LogP contribution in [0.3, 0.4) is 0 Å². The molecule has 1 aliphatic rings. The Morgan fingerprint density at radius 3 is 2.56 bits per heavy atom. The second-order valence-electron chi connectivity index (χ2n) is 6.92. The lowest BCUT2D eigenvalue weighted by molar-refractivity contribution is 0.284. The quantitative estimate of drug-likeness (QED) is 0.699. The fourth-order valence-electron chi connectivity index (χ4n) is 3.49. The van der Waals surface area contributed by atoms with Gasteiger partial charge < -0.3 is 4.90 Å². The van der Waals surface area contributed by atoms with Gasteiger partial charge in [0.2, 0.25) is 0 Å². The summed E-state index contributed by atoms with van der Waals surface area (Å²) in [6.45, 7) is 7.10. The van der Waals surface area contributed by atoms with Crippen LogP contribution in [0.15, 0.2) is 42.6 Å². The summed E-state index contributed by atoms with van der Waals surface area (Å²) in [7, 11) is 1.94. The average molecular weight is 362 g/mol. The predicted octanol–water partition coefficient (Wildman–Crippen LogP) is 2.76. The number of aryl methyl sites for hydroxylation is 2. The molecule has 0 atom stereocenters. The topological polar surface area (TPSA) is 50.1 Å². The fourth-order valence-corrected chi connectivity index (χ4v) is 3.49. The third-order valence-corrected chi connectivity index (χ3v) is 5.08. The van der Waals surface area contributed by atoms with Crippen molar-refractivity contribution in [2.75, 3.05) is 37.6 Å². The molecule has 1 aromatic carbocycles. The summed E-state index contributed by atoms with van der Waals surface area (Å²) in [5.74, 6) is 1.92. The molecule has 0 saturated carbocycles. The summed E-state index contributed by atoms with van der Waals surface area (Å²) in [4.78, 5) is 14.3. The first-order valence-electron chi connectivity index (χ1n) is 9.62. The van der Waals surface area contributed by atoms with Crippen molar-refractivity contribution in [2.24, 2.45) is 7.05 Å². The van der Waals surface area contributed by atoms with Crippen LogP contribution >= 0.6 is 0 Å². The fraction of sp³-hybridized carbons (Fsp3) is 0.381. The van der Waals surface area contributed by atoms with Gasteiger partial charge in [-0.25, -0.2) is 9.97 Å². The molecule has 6 heteroatoms. The molecule has 0 unspecified atom stereocenters. The van der Waals surface area contributed by atoms with E-state index in [4.69, 9.17) is 4.98 Å². The van der Waals surface area contributed by atoms with E-state index in [2.05, 4.69) is 63.2 Å². The molecule has 0 N–H and O–H groups in total. The zero-order valence-corrected chi connectivity index (χ0v) is 16.0. The summed E-state index contributed by atoms with van der Waals surface area (Å²) >= 11 is 0. The van der Waals surface area contributed by atoms with Crippen LogP contribution in [0.4, 0.5) is 5.82 Å². The van der Waals surface area contributed by atoms with E-state index in [1.807, 2.05) is 24.0 Å². The van der Waals surface area contributed by atoms with Gasteiger partial charge in [-0.05, 0) is 5.56 Å². The van der Waals surface area contributed by atoms with Crippen LogP contribution < -0.4 is 4.90 Å². The minimum atomic E-state index is 0.832. The Hall–Kier alpha value is -2.73. The third kappa shape index (κ3) is 3.85. The first-order valence-corrected chi connectivity index (χ1v) is 9.62. The molecule has 0 spiro atoms. The van der Waals surface area contributed by atoms with Crippen LogP contribution in [0, 0.1) is 0 Å². The third-order valence-electron chi connectivity index (χ3n) is 5.08. The van der Waals surface area contributed by atoms with Crippen LogP contribution in [0.1, 0.15) is 18.3 Å². The van der Waals surface area contributed by atoms with E-state index in [0.717, 1.165) is 61.8 Å². The van der Waals surface area contributed by atoms with Crippen molar-refractivity contribution in [3.8, 4) is 0 Å². The smallest absolute Gasteiger partial charge is 0.163 e. The minimum Gasteiger partial charge on any atom is -0.353 e. The van der Waals surface area contributed by atoms with Crippen LogP contribution in [0.25, 0.3) is 17.1 Å². The number of piperazine rings is 1. The van der Waals surface area contributed by atoms with Crippen molar-refractivity contribution >= 4 is 22.9 Å². The molecule has 1 saturated heterocycles. The highest BCUT2D eigenvalue weighted by Gasteiger charge is 2.21. The molecular formula is C21H26N6. The molecule has 0 amide bonds. The number of hydrogen-bond donors (Lipinski definition) is 0. The Kier molecular flexibility index (Phi) is 5.16.